The Morgan fingerprint density at radius 2 is 1.70 bits per heavy atom. The van der Waals surface area contributed by atoms with Crippen LogP contribution in [0.5, 0.6) is 0 Å². The van der Waals surface area contributed by atoms with Crippen LogP contribution in [0.1, 0.15) is 23.2 Å². The summed E-state index contributed by atoms with van der Waals surface area (Å²) in [4.78, 5) is 24.3. The van der Waals surface area contributed by atoms with E-state index in [1.165, 1.54) is 42.7 Å². The van der Waals surface area contributed by atoms with Gasteiger partial charge in [-0.05, 0) is 48.7 Å². The first-order chi connectivity index (χ1) is 19.1. The summed E-state index contributed by atoms with van der Waals surface area (Å²) < 4.78 is 56.5. The molecule has 1 amide bonds. The number of anilines is 1. The SMILES string of the molecule is CNC(=O)c1c(-c2ccc(F)cc2)oc2cc(N(CCCCOC(=O)OC)S(C)(=O)=O)c(-c3ccccc3)cc12. The second-order valence-corrected chi connectivity index (χ2v) is 10.9. The molecular weight excluding hydrogens is 539 g/mol. The minimum Gasteiger partial charge on any atom is -0.455 e. The van der Waals surface area contributed by atoms with E-state index in [0.717, 1.165) is 11.8 Å². The molecule has 0 radical (unpaired) electrons. The van der Waals surface area contributed by atoms with E-state index >= 15 is 0 Å². The van der Waals surface area contributed by atoms with Gasteiger partial charge in [0.1, 0.15) is 17.2 Å². The number of benzene rings is 3. The van der Waals surface area contributed by atoms with Gasteiger partial charge >= 0.3 is 6.16 Å². The zero-order valence-corrected chi connectivity index (χ0v) is 23.1. The lowest BCUT2D eigenvalue weighted by Crippen LogP contribution is -2.31. The van der Waals surface area contributed by atoms with Gasteiger partial charge in [0.05, 0.1) is 31.2 Å². The quantitative estimate of drug-likeness (QED) is 0.196. The summed E-state index contributed by atoms with van der Waals surface area (Å²) in [5, 5.41) is 3.10. The molecule has 0 saturated carbocycles. The average molecular weight is 569 g/mol. The van der Waals surface area contributed by atoms with E-state index in [1.807, 2.05) is 30.3 Å². The van der Waals surface area contributed by atoms with Gasteiger partial charge in [0.2, 0.25) is 10.0 Å². The fourth-order valence-electron chi connectivity index (χ4n) is 4.38. The molecule has 0 aliphatic carbocycles. The van der Waals surface area contributed by atoms with Gasteiger partial charge in [0, 0.05) is 36.2 Å². The number of carbonyl (C=O) groups excluding carboxylic acids is 2. The van der Waals surface area contributed by atoms with Crippen LogP contribution in [0.3, 0.4) is 0 Å². The van der Waals surface area contributed by atoms with Crippen molar-refractivity contribution in [2.45, 2.75) is 12.8 Å². The van der Waals surface area contributed by atoms with Crippen molar-refractivity contribution < 1.29 is 36.3 Å². The Balaban J connectivity index is 1.88. The molecule has 0 aliphatic heterocycles. The predicted molar refractivity (Wildman–Crippen MR) is 150 cm³/mol. The second kappa shape index (κ2) is 12.2. The van der Waals surface area contributed by atoms with E-state index in [0.29, 0.717) is 35.0 Å². The van der Waals surface area contributed by atoms with Crippen molar-refractivity contribution in [2.24, 2.45) is 0 Å². The second-order valence-electron chi connectivity index (χ2n) is 8.97. The number of amides is 1. The van der Waals surface area contributed by atoms with E-state index in [4.69, 9.17) is 9.15 Å². The number of unbranched alkanes of at least 4 members (excludes halogenated alkanes) is 1. The predicted octanol–water partition coefficient (Wildman–Crippen LogP) is 5.59. The van der Waals surface area contributed by atoms with Crippen molar-refractivity contribution in [2.75, 3.05) is 37.9 Å². The van der Waals surface area contributed by atoms with Crippen LogP contribution in [0.2, 0.25) is 0 Å². The van der Waals surface area contributed by atoms with Crippen LogP contribution >= 0.6 is 0 Å². The largest absolute Gasteiger partial charge is 0.507 e. The molecule has 0 aliphatic rings. The van der Waals surface area contributed by atoms with Crippen molar-refractivity contribution in [3.8, 4) is 22.5 Å². The summed E-state index contributed by atoms with van der Waals surface area (Å²) in [6.45, 7) is 0.173. The van der Waals surface area contributed by atoms with Crippen molar-refractivity contribution in [1.82, 2.24) is 5.32 Å². The molecule has 9 nitrogen and oxygen atoms in total. The van der Waals surface area contributed by atoms with Crippen LogP contribution in [-0.4, -0.2) is 54.0 Å². The summed E-state index contributed by atoms with van der Waals surface area (Å²) in [5.41, 5.74) is 2.69. The van der Waals surface area contributed by atoms with Crippen molar-refractivity contribution >= 4 is 38.7 Å². The lowest BCUT2D eigenvalue weighted by molar-refractivity contribution is 0.0715. The van der Waals surface area contributed by atoms with Crippen LogP contribution in [0, 0.1) is 5.82 Å². The topological polar surface area (TPSA) is 115 Å². The van der Waals surface area contributed by atoms with Crippen LogP contribution in [0.25, 0.3) is 33.4 Å². The maximum absolute atomic E-state index is 13.6. The summed E-state index contributed by atoms with van der Waals surface area (Å²) in [7, 11) is -1.06. The number of fused-ring (bicyclic) bond motifs is 1. The summed E-state index contributed by atoms with van der Waals surface area (Å²) in [6.07, 6.45) is 1.09. The summed E-state index contributed by atoms with van der Waals surface area (Å²) >= 11 is 0. The number of nitrogens with one attached hydrogen (secondary N) is 1. The Bertz CT molecular complexity index is 1620. The van der Waals surface area contributed by atoms with Gasteiger partial charge in [0.15, 0.2) is 0 Å². The van der Waals surface area contributed by atoms with Crippen molar-refractivity contribution in [3.05, 3.63) is 78.1 Å². The highest BCUT2D eigenvalue weighted by Gasteiger charge is 2.27. The standard InChI is InChI=1S/C29H29FN2O7S/c1-31-28(33)26-23-17-22(19-9-5-4-6-10-19)24(18-25(23)39-27(26)20-11-13-21(30)14-12-20)32(40(3,35)36)15-7-8-16-38-29(34)37-2/h4-6,9-14,17-18H,7-8,15-16H2,1-3H3,(H,31,33). The van der Waals surface area contributed by atoms with Gasteiger partial charge in [-0.1, -0.05) is 30.3 Å². The molecule has 1 N–H and O–H groups in total. The number of rotatable bonds is 10. The number of halogens is 1. The van der Waals surface area contributed by atoms with Gasteiger partial charge in [-0.25, -0.2) is 17.6 Å². The molecule has 4 rings (SSSR count). The molecule has 1 aromatic heterocycles. The maximum atomic E-state index is 13.6. The number of methoxy groups -OCH3 is 1. The van der Waals surface area contributed by atoms with Crippen molar-refractivity contribution in [1.29, 1.82) is 0 Å². The lowest BCUT2D eigenvalue weighted by Gasteiger charge is -2.25. The van der Waals surface area contributed by atoms with Gasteiger partial charge in [0.25, 0.3) is 5.91 Å². The molecule has 4 aromatic rings. The minimum atomic E-state index is -3.77. The Hall–Kier alpha value is -4.38. The third kappa shape index (κ3) is 6.26. The number of hydrogen-bond acceptors (Lipinski definition) is 7. The van der Waals surface area contributed by atoms with E-state index in [9.17, 15) is 22.4 Å². The first kappa shape index (κ1) is 28.6. The highest BCUT2D eigenvalue weighted by Crippen LogP contribution is 2.41. The first-order valence-electron chi connectivity index (χ1n) is 12.5. The molecule has 0 saturated heterocycles. The number of nitrogens with zero attached hydrogens (tertiary/aromatic N) is 1. The molecule has 3 aromatic carbocycles. The number of furan rings is 1. The fraction of sp³-hybridized carbons (Fsp3) is 0.241. The Morgan fingerprint density at radius 3 is 2.33 bits per heavy atom. The molecule has 210 valence electrons. The van der Waals surface area contributed by atoms with Crippen LogP contribution in [0.15, 0.2) is 71.1 Å². The summed E-state index contributed by atoms with van der Waals surface area (Å²) in [5.74, 6) is -0.609. The van der Waals surface area contributed by atoms with E-state index in [-0.39, 0.29) is 30.1 Å². The van der Waals surface area contributed by atoms with Gasteiger partial charge in [-0.15, -0.1) is 0 Å². The third-order valence-electron chi connectivity index (χ3n) is 6.26. The smallest absolute Gasteiger partial charge is 0.455 e. The fourth-order valence-corrected chi connectivity index (χ4v) is 5.35. The highest BCUT2D eigenvalue weighted by atomic mass is 32.2. The average Bonchev–Trinajstić information content (AvgIpc) is 3.32. The number of hydrogen-bond donors (Lipinski definition) is 1. The molecular formula is C29H29FN2O7S. The number of sulfonamides is 1. The van der Waals surface area contributed by atoms with Crippen LogP contribution < -0.4 is 9.62 Å². The van der Waals surface area contributed by atoms with Crippen molar-refractivity contribution in [3.63, 3.8) is 0 Å². The molecule has 0 bridgehead atoms. The zero-order chi connectivity index (χ0) is 28.9. The third-order valence-corrected chi connectivity index (χ3v) is 7.44. The highest BCUT2D eigenvalue weighted by molar-refractivity contribution is 7.92. The Labute approximate surface area is 231 Å². The molecule has 0 spiro atoms. The molecule has 0 atom stereocenters. The Kier molecular flexibility index (Phi) is 8.73. The minimum absolute atomic E-state index is 0.0730. The van der Waals surface area contributed by atoms with Gasteiger partial charge in [-0.3, -0.25) is 9.10 Å². The van der Waals surface area contributed by atoms with Crippen LogP contribution in [-0.2, 0) is 19.5 Å². The lowest BCUT2D eigenvalue weighted by atomic mass is 9.98. The van der Waals surface area contributed by atoms with Gasteiger partial charge in [-0.2, -0.15) is 0 Å². The Morgan fingerprint density at radius 1 is 1.00 bits per heavy atom. The molecule has 1 heterocycles. The van der Waals surface area contributed by atoms with Crippen LogP contribution in [0.4, 0.5) is 14.9 Å². The number of ether oxygens (including phenoxy) is 2. The zero-order valence-electron chi connectivity index (χ0n) is 22.3. The number of carbonyl (C=O) groups is 2. The molecule has 11 heteroatoms. The normalized spacial score (nSPS) is 11.3. The van der Waals surface area contributed by atoms with E-state index in [1.54, 1.807) is 12.1 Å². The summed E-state index contributed by atoms with van der Waals surface area (Å²) in [6, 6.07) is 18.1. The van der Waals surface area contributed by atoms with E-state index in [2.05, 4.69) is 10.1 Å². The maximum Gasteiger partial charge on any atom is 0.507 e. The first-order valence-corrected chi connectivity index (χ1v) is 14.3. The molecule has 0 unspecified atom stereocenters. The van der Waals surface area contributed by atoms with E-state index < -0.39 is 27.9 Å². The van der Waals surface area contributed by atoms with Gasteiger partial charge < -0.3 is 19.2 Å². The molecule has 40 heavy (non-hydrogen) atoms. The molecule has 0 fully saturated rings. The monoisotopic (exact) mass is 568 g/mol.